The van der Waals surface area contributed by atoms with Gasteiger partial charge in [-0.25, -0.2) is 18.0 Å². The van der Waals surface area contributed by atoms with Crippen LogP contribution in [0.3, 0.4) is 0 Å². The second kappa shape index (κ2) is 8.80. The van der Waals surface area contributed by atoms with Crippen LogP contribution >= 0.6 is 0 Å². The van der Waals surface area contributed by atoms with E-state index in [1.54, 1.807) is 13.0 Å². The average molecular weight is 426 g/mol. The van der Waals surface area contributed by atoms with Crippen LogP contribution in [-0.4, -0.2) is 69.5 Å². The summed E-state index contributed by atoms with van der Waals surface area (Å²) in [6, 6.07) is 4.08. The van der Waals surface area contributed by atoms with Crippen molar-refractivity contribution in [2.75, 3.05) is 39.9 Å². The van der Waals surface area contributed by atoms with Gasteiger partial charge in [0, 0.05) is 26.2 Å². The molecule has 158 valence electrons. The summed E-state index contributed by atoms with van der Waals surface area (Å²) in [5.74, 6) is -0.876. The molecule has 0 N–H and O–H groups in total. The molecule has 1 fully saturated rings. The topological polar surface area (TPSA) is 120 Å². The van der Waals surface area contributed by atoms with Crippen LogP contribution in [0.4, 0.5) is 0 Å². The zero-order valence-electron chi connectivity index (χ0n) is 16.1. The van der Waals surface area contributed by atoms with Crippen LogP contribution in [0.1, 0.15) is 33.6 Å². The second-order valence-electron chi connectivity index (χ2n) is 6.27. The molecule has 0 aliphatic carbocycles. The monoisotopic (exact) mass is 426 g/mol. The summed E-state index contributed by atoms with van der Waals surface area (Å²) in [5, 5.41) is -0.298. The van der Waals surface area contributed by atoms with E-state index in [1.807, 2.05) is 4.90 Å². The standard InChI is InChI=1S/C18H22N2O8S/c1-3-26-18(22)14-4-5-16(28-14)29(23,24)20-9-7-19(8-10-20)12-15-13(6-11-27-15)17(21)25-2/h4-6,11H,3,7-10,12H2,1-2H3. The maximum absolute atomic E-state index is 12.8. The van der Waals surface area contributed by atoms with E-state index in [2.05, 4.69) is 0 Å². The van der Waals surface area contributed by atoms with Crippen molar-refractivity contribution in [3.63, 3.8) is 0 Å². The molecule has 3 heterocycles. The average Bonchev–Trinajstić information content (AvgIpc) is 3.38. The predicted molar refractivity (Wildman–Crippen MR) is 98.7 cm³/mol. The van der Waals surface area contributed by atoms with Crippen molar-refractivity contribution in [3.05, 3.63) is 41.5 Å². The number of ether oxygens (including phenoxy) is 2. The second-order valence-corrected chi connectivity index (χ2v) is 8.14. The fourth-order valence-corrected chi connectivity index (χ4v) is 4.32. The van der Waals surface area contributed by atoms with Crippen molar-refractivity contribution in [1.29, 1.82) is 0 Å². The molecule has 0 unspecified atom stereocenters. The molecule has 0 spiro atoms. The Balaban J connectivity index is 1.62. The van der Waals surface area contributed by atoms with E-state index in [0.717, 1.165) is 0 Å². The highest BCUT2D eigenvalue weighted by Gasteiger charge is 2.32. The highest BCUT2D eigenvalue weighted by molar-refractivity contribution is 7.89. The minimum atomic E-state index is -3.87. The molecular weight excluding hydrogens is 404 g/mol. The van der Waals surface area contributed by atoms with Gasteiger partial charge in [0.05, 0.1) is 26.5 Å². The molecule has 3 rings (SSSR count). The Hall–Kier alpha value is -2.63. The molecule has 10 nitrogen and oxygen atoms in total. The molecular formula is C18H22N2O8S. The molecule has 0 aromatic carbocycles. The smallest absolute Gasteiger partial charge is 0.374 e. The third-order valence-corrected chi connectivity index (χ3v) is 6.27. The lowest BCUT2D eigenvalue weighted by atomic mass is 10.2. The van der Waals surface area contributed by atoms with Gasteiger partial charge in [0.15, 0.2) is 0 Å². The van der Waals surface area contributed by atoms with E-state index in [1.165, 1.54) is 29.8 Å². The summed E-state index contributed by atoms with van der Waals surface area (Å²) in [6.45, 7) is 3.50. The molecule has 0 amide bonds. The van der Waals surface area contributed by atoms with Crippen LogP contribution in [0, 0.1) is 0 Å². The number of nitrogens with zero attached hydrogens (tertiary/aromatic N) is 2. The normalized spacial score (nSPS) is 15.9. The van der Waals surface area contributed by atoms with Crippen LogP contribution < -0.4 is 0 Å². The van der Waals surface area contributed by atoms with Gasteiger partial charge in [-0.3, -0.25) is 4.90 Å². The summed E-state index contributed by atoms with van der Waals surface area (Å²) in [7, 11) is -2.57. The van der Waals surface area contributed by atoms with Crippen molar-refractivity contribution in [2.45, 2.75) is 18.6 Å². The summed E-state index contributed by atoms with van der Waals surface area (Å²) < 4.78 is 46.9. The molecule has 1 aliphatic heterocycles. The van der Waals surface area contributed by atoms with Gasteiger partial charge in [0.1, 0.15) is 11.3 Å². The first-order chi connectivity index (χ1) is 13.9. The fourth-order valence-electron chi connectivity index (χ4n) is 2.98. The van der Waals surface area contributed by atoms with Crippen molar-refractivity contribution >= 4 is 22.0 Å². The van der Waals surface area contributed by atoms with Crippen LogP contribution in [-0.2, 0) is 26.0 Å². The van der Waals surface area contributed by atoms with Crippen molar-refractivity contribution in [3.8, 4) is 0 Å². The number of esters is 2. The van der Waals surface area contributed by atoms with Gasteiger partial charge >= 0.3 is 11.9 Å². The lowest BCUT2D eigenvalue weighted by molar-refractivity contribution is 0.0483. The van der Waals surface area contributed by atoms with Gasteiger partial charge in [0.2, 0.25) is 10.9 Å². The number of furan rings is 2. The molecule has 2 aromatic rings. The Morgan fingerprint density at radius 2 is 1.83 bits per heavy atom. The Bertz CT molecular complexity index is 970. The predicted octanol–water partition coefficient (Wildman–Crippen LogP) is 1.34. The van der Waals surface area contributed by atoms with Gasteiger partial charge in [0.25, 0.3) is 10.0 Å². The molecule has 29 heavy (non-hydrogen) atoms. The molecule has 0 atom stereocenters. The molecule has 2 aromatic heterocycles. The highest BCUT2D eigenvalue weighted by atomic mass is 32.2. The highest BCUT2D eigenvalue weighted by Crippen LogP contribution is 2.22. The Labute approximate surface area is 168 Å². The number of carbonyl (C=O) groups excluding carboxylic acids is 2. The van der Waals surface area contributed by atoms with Gasteiger partial charge in [-0.1, -0.05) is 0 Å². The molecule has 11 heteroatoms. The largest absolute Gasteiger partial charge is 0.467 e. The van der Waals surface area contributed by atoms with Crippen LogP contribution in [0.2, 0.25) is 0 Å². The van der Waals surface area contributed by atoms with Gasteiger partial charge in [-0.05, 0) is 25.1 Å². The van der Waals surface area contributed by atoms with E-state index in [4.69, 9.17) is 18.3 Å². The van der Waals surface area contributed by atoms with Crippen LogP contribution in [0.15, 0.2) is 38.4 Å². The molecule has 1 aliphatic rings. The summed E-state index contributed by atoms with van der Waals surface area (Å²) >= 11 is 0. The number of carbonyl (C=O) groups is 2. The maximum atomic E-state index is 12.8. The van der Waals surface area contributed by atoms with Crippen molar-refractivity contribution in [2.24, 2.45) is 0 Å². The SMILES string of the molecule is CCOC(=O)c1ccc(S(=O)(=O)N2CCN(Cc3occc3C(=O)OC)CC2)o1. The lowest BCUT2D eigenvalue weighted by Gasteiger charge is -2.32. The first kappa shape index (κ1) is 21.1. The van der Waals surface area contributed by atoms with E-state index in [-0.39, 0.29) is 30.5 Å². The van der Waals surface area contributed by atoms with Gasteiger partial charge in [-0.2, -0.15) is 4.31 Å². The Morgan fingerprint density at radius 3 is 2.48 bits per heavy atom. The van der Waals surface area contributed by atoms with E-state index < -0.39 is 22.0 Å². The summed E-state index contributed by atoms with van der Waals surface area (Å²) in [6.07, 6.45) is 1.42. The zero-order valence-corrected chi connectivity index (χ0v) is 16.9. The maximum Gasteiger partial charge on any atom is 0.374 e. The molecule has 0 radical (unpaired) electrons. The quantitative estimate of drug-likeness (QED) is 0.604. The Morgan fingerprint density at radius 1 is 1.10 bits per heavy atom. The van der Waals surface area contributed by atoms with E-state index in [0.29, 0.717) is 31.0 Å². The third-order valence-electron chi connectivity index (χ3n) is 4.50. The number of hydrogen-bond acceptors (Lipinski definition) is 9. The first-order valence-electron chi connectivity index (χ1n) is 9.01. The van der Waals surface area contributed by atoms with Crippen LogP contribution in [0.5, 0.6) is 0 Å². The van der Waals surface area contributed by atoms with E-state index >= 15 is 0 Å². The fraction of sp³-hybridized carbons (Fsp3) is 0.444. The van der Waals surface area contributed by atoms with E-state index in [9.17, 15) is 18.0 Å². The molecule has 0 bridgehead atoms. The van der Waals surface area contributed by atoms with Crippen LogP contribution in [0.25, 0.3) is 0 Å². The van der Waals surface area contributed by atoms with Crippen molar-refractivity contribution < 1.29 is 36.3 Å². The third kappa shape index (κ3) is 4.52. The Kier molecular flexibility index (Phi) is 6.40. The number of rotatable bonds is 7. The van der Waals surface area contributed by atoms with Gasteiger partial charge in [-0.15, -0.1) is 0 Å². The molecule has 1 saturated heterocycles. The number of sulfonamides is 1. The van der Waals surface area contributed by atoms with Crippen molar-refractivity contribution in [1.82, 2.24) is 9.21 Å². The summed E-state index contributed by atoms with van der Waals surface area (Å²) in [5.41, 5.74) is 0.352. The molecule has 0 saturated carbocycles. The number of methoxy groups -OCH3 is 1. The minimum absolute atomic E-state index is 0.155. The summed E-state index contributed by atoms with van der Waals surface area (Å²) in [4.78, 5) is 25.4. The minimum Gasteiger partial charge on any atom is -0.467 e. The number of hydrogen-bond donors (Lipinski definition) is 0. The number of piperazine rings is 1. The van der Waals surface area contributed by atoms with Gasteiger partial charge < -0.3 is 18.3 Å². The lowest BCUT2D eigenvalue weighted by Crippen LogP contribution is -2.48. The zero-order chi connectivity index (χ0) is 21.0. The first-order valence-corrected chi connectivity index (χ1v) is 10.4.